The van der Waals surface area contributed by atoms with E-state index in [1.165, 1.54) is 4.31 Å². The average Bonchev–Trinajstić information content (AvgIpc) is 2.89. The number of benzene rings is 3. The zero-order valence-electron chi connectivity index (χ0n) is 19.6. The number of sulfonamides is 1. The van der Waals surface area contributed by atoms with Crippen molar-refractivity contribution in [1.82, 2.24) is 4.31 Å². The lowest BCUT2D eigenvalue weighted by Crippen LogP contribution is -2.48. The van der Waals surface area contributed by atoms with Gasteiger partial charge in [0.15, 0.2) is 0 Å². The van der Waals surface area contributed by atoms with Crippen LogP contribution in [0.15, 0.2) is 88.7 Å². The lowest BCUT2D eigenvalue weighted by Gasteiger charge is -2.35. The third-order valence-electron chi connectivity index (χ3n) is 5.78. The van der Waals surface area contributed by atoms with Gasteiger partial charge >= 0.3 is 0 Å². The largest absolute Gasteiger partial charge is 0.495 e. The summed E-state index contributed by atoms with van der Waals surface area (Å²) in [5, 5.41) is 2.84. The zero-order chi connectivity index (χ0) is 24.7. The van der Waals surface area contributed by atoms with Gasteiger partial charge in [-0.05, 0) is 48.5 Å². The monoisotopic (exact) mass is 511 g/mol. The van der Waals surface area contributed by atoms with Crippen molar-refractivity contribution >= 4 is 39.1 Å². The highest BCUT2D eigenvalue weighted by Crippen LogP contribution is 2.29. The van der Waals surface area contributed by atoms with Crippen LogP contribution >= 0.6 is 11.8 Å². The maximum Gasteiger partial charge on any atom is 0.243 e. The molecule has 0 saturated carbocycles. The van der Waals surface area contributed by atoms with Gasteiger partial charge in [0.05, 0.1) is 17.7 Å². The van der Waals surface area contributed by atoms with E-state index in [0.29, 0.717) is 44.0 Å². The Morgan fingerprint density at radius 1 is 0.914 bits per heavy atom. The van der Waals surface area contributed by atoms with Crippen molar-refractivity contribution in [3.05, 3.63) is 78.9 Å². The van der Waals surface area contributed by atoms with Crippen molar-refractivity contribution in [2.24, 2.45) is 0 Å². The molecule has 7 nitrogen and oxygen atoms in total. The molecule has 9 heteroatoms. The number of amides is 1. The minimum atomic E-state index is -3.61. The summed E-state index contributed by atoms with van der Waals surface area (Å²) in [5.41, 5.74) is 1.55. The summed E-state index contributed by atoms with van der Waals surface area (Å²) >= 11 is 1.63. The highest BCUT2D eigenvalue weighted by Gasteiger charge is 2.29. The van der Waals surface area contributed by atoms with Crippen LogP contribution in [0.5, 0.6) is 5.75 Å². The van der Waals surface area contributed by atoms with E-state index in [1.54, 1.807) is 43.1 Å². The Morgan fingerprint density at radius 2 is 1.57 bits per heavy atom. The Balaban J connectivity index is 1.30. The fourth-order valence-corrected chi connectivity index (χ4v) is 6.22. The molecule has 1 amide bonds. The summed E-state index contributed by atoms with van der Waals surface area (Å²) in [6.07, 6.45) is 0.371. The predicted octanol–water partition coefficient (Wildman–Crippen LogP) is 4.33. The molecule has 3 aromatic rings. The lowest BCUT2D eigenvalue weighted by atomic mass is 10.2. The zero-order valence-corrected chi connectivity index (χ0v) is 21.2. The molecular formula is C26H29N3O4S2. The van der Waals surface area contributed by atoms with Crippen LogP contribution in [0.25, 0.3) is 0 Å². The Hall–Kier alpha value is -3.01. The molecule has 3 aromatic carbocycles. The van der Waals surface area contributed by atoms with Gasteiger partial charge in [-0.25, -0.2) is 8.42 Å². The summed E-state index contributed by atoms with van der Waals surface area (Å²) < 4.78 is 33.3. The number of carbonyl (C=O) groups excluding carboxylic acids is 1. The highest BCUT2D eigenvalue weighted by molar-refractivity contribution is 7.99. The molecule has 1 N–H and O–H groups in total. The first kappa shape index (κ1) is 25.1. The van der Waals surface area contributed by atoms with E-state index < -0.39 is 10.0 Å². The molecule has 0 aliphatic carbocycles. The van der Waals surface area contributed by atoms with Crippen molar-refractivity contribution in [2.45, 2.75) is 16.2 Å². The molecule has 0 radical (unpaired) electrons. The van der Waals surface area contributed by atoms with Crippen LogP contribution < -0.4 is 15.0 Å². The van der Waals surface area contributed by atoms with E-state index in [4.69, 9.17) is 4.74 Å². The average molecular weight is 512 g/mol. The van der Waals surface area contributed by atoms with E-state index in [2.05, 4.69) is 10.2 Å². The summed E-state index contributed by atoms with van der Waals surface area (Å²) in [4.78, 5) is 15.7. The molecule has 184 valence electrons. The molecule has 4 rings (SSSR count). The first-order valence-corrected chi connectivity index (χ1v) is 13.9. The number of hydrogen-bond donors (Lipinski definition) is 1. The van der Waals surface area contributed by atoms with Gasteiger partial charge < -0.3 is 15.0 Å². The number of para-hydroxylation sites is 2. The van der Waals surface area contributed by atoms with Gasteiger partial charge in [-0.15, -0.1) is 11.8 Å². The molecule has 0 aromatic heterocycles. The van der Waals surface area contributed by atoms with Crippen LogP contribution in [-0.2, 0) is 14.8 Å². The summed E-state index contributed by atoms with van der Waals surface area (Å²) in [5.74, 6) is 1.35. The van der Waals surface area contributed by atoms with E-state index >= 15 is 0 Å². The molecule has 35 heavy (non-hydrogen) atoms. The second kappa shape index (κ2) is 11.6. The number of carbonyl (C=O) groups is 1. The Morgan fingerprint density at radius 3 is 2.26 bits per heavy atom. The quantitative estimate of drug-likeness (QED) is 0.431. The van der Waals surface area contributed by atoms with Gasteiger partial charge in [0.25, 0.3) is 0 Å². The van der Waals surface area contributed by atoms with Gasteiger partial charge in [-0.2, -0.15) is 4.31 Å². The molecule has 1 saturated heterocycles. The maximum absolute atomic E-state index is 13.2. The highest BCUT2D eigenvalue weighted by atomic mass is 32.2. The first-order chi connectivity index (χ1) is 17.0. The number of nitrogens with one attached hydrogen (secondary N) is 1. The number of nitrogens with zero attached hydrogens (tertiary/aromatic N) is 2. The number of methoxy groups -OCH3 is 1. The third kappa shape index (κ3) is 6.36. The van der Waals surface area contributed by atoms with E-state index in [9.17, 15) is 13.2 Å². The Kier molecular flexibility index (Phi) is 8.33. The normalized spacial score (nSPS) is 14.5. The van der Waals surface area contributed by atoms with Crippen LogP contribution in [0.4, 0.5) is 11.4 Å². The summed E-state index contributed by atoms with van der Waals surface area (Å²) in [6, 6.07) is 24.1. The molecule has 0 bridgehead atoms. The van der Waals surface area contributed by atoms with Crippen molar-refractivity contribution in [1.29, 1.82) is 0 Å². The number of rotatable bonds is 9. The molecule has 1 aliphatic rings. The Labute approximate surface area is 211 Å². The van der Waals surface area contributed by atoms with Crippen LogP contribution in [0.1, 0.15) is 6.42 Å². The third-order valence-corrected chi connectivity index (χ3v) is 8.71. The van der Waals surface area contributed by atoms with E-state index in [0.717, 1.165) is 16.3 Å². The maximum atomic E-state index is 13.2. The van der Waals surface area contributed by atoms with Gasteiger partial charge in [-0.3, -0.25) is 4.79 Å². The van der Waals surface area contributed by atoms with Gasteiger partial charge in [0, 0.05) is 48.9 Å². The second-order valence-electron chi connectivity index (χ2n) is 8.05. The molecule has 0 atom stereocenters. The van der Waals surface area contributed by atoms with E-state index in [-0.39, 0.29) is 10.8 Å². The molecule has 0 unspecified atom stereocenters. The minimum absolute atomic E-state index is 0.100. The molecule has 1 heterocycles. The lowest BCUT2D eigenvalue weighted by molar-refractivity contribution is -0.115. The van der Waals surface area contributed by atoms with Gasteiger partial charge in [0.1, 0.15) is 5.75 Å². The topological polar surface area (TPSA) is 79.0 Å². The fraction of sp³-hybridized carbons (Fsp3) is 0.269. The molecular weight excluding hydrogens is 482 g/mol. The van der Waals surface area contributed by atoms with Gasteiger partial charge in [-0.1, -0.05) is 30.3 Å². The predicted molar refractivity (Wildman–Crippen MR) is 141 cm³/mol. The molecule has 1 aliphatic heterocycles. The van der Waals surface area contributed by atoms with Crippen LogP contribution in [0.2, 0.25) is 0 Å². The van der Waals surface area contributed by atoms with Crippen molar-refractivity contribution in [2.75, 3.05) is 49.3 Å². The van der Waals surface area contributed by atoms with E-state index in [1.807, 2.05) is 54.6 Å². The second-order valence-corrected chi connectivity index (χ2v) is 11.2. The SMILES string of the molecule is COc1ccccc1N1CCN(S(=O)(=O)c2ccc(NC(=O)CCSc3ccccc3)cc2)CC1. The number of piperazine rings is 1. The number of thioether (sulfide) groups is 1. The van der Waals surface area contributed by atoms with Crippen LogP contribution in [0, 0.1) is 0 Å². The number of ether oxygens (including phenoxy) is 1. The smallest absolute Gasteiger partial charge is 0.243 e. The first-order valence-electron chi connectivity index (χ1n) is 11.4. The number of hydrogen-bond acceptors (Lipinski definition) is 6. The standard InChI is InChI=1S/C26H29N3O4S2/c1-33-25-10-6-5-9-24(25)28-16-18-29(19-17-28)35(31,32)23-13-11-21(12-14-23)27-26(30)15-20-34-22-7-3-2-4-8-22/h2-14H,15-20H2,1H3,(H,27,30). The van der Waals surface area contributed by atoms with Crippen LogP contribution in [0.3, 0.4) is 0 Å². The summed E-state index contributed by atoms with van der Waals surface area (Å²) in [6.45, 7) is 1.93. The fourth-order valence-electron chi connectivity index (χ4n) is 3.92. The van der Waals surface area contributed by atoms with Crippen LogP contribution in [-0.4, -0.2) is 57.7 Å². The van der Waals surface area contributed by atoms with Crippen molar-refractivity contribution < 1.29 is 17.9 Å². The van der Waals surface area contributed by atoms with Gasteiger partial charge in [0.2, 0.25) is 15.9 Å². The minimum Gasteiger partial charge on any atom is -0.495 e. The number of anilines is 2. The summed E-state index contributed by atoms with van der Waals surface area (Å²) in [7, 11) is -1.98. The van der Waals surface area contributed by atoms with Crippen molar-refractivity contribution in [3.63, 3.8) is 0 Å². The molecule has 1 fully saturated rings. The molecule has 0 spiro atoms. The van der Waals surface area contributed by atoms with Crippen molar-refractivity contribution in [3.8, 4) is 5.75 Å². The Bertz CT molecular complexity index is 1230.